The molecule has 12 heavy (non-hydrogen) atoms. The molecule has 0 aliphatic heterocycles. The van der Waals surface area contributed by atoms with Gasteiger partial charge in [0.1, 0.15) is 0 Å². The van der Waals surface area contributed by atoms with Gasteiger partial charge in [-0.1, -0.05) is 6.92 Å². The third-order valence-electron chi connectivity index (χ3n) is 1.68. The molecule has 0 aliphatic carbocycles. The van der Waals surface area contributed by atoms with Crippen LogP contribution in [-0.4, -0.2) is 25.8 Å². The van der Waals surface area contributed by atoms with E-state index in [0.717, 1.165) is 25.9 Å². The SMILES string of the molecule is CCC(C)OCCCCO[C]=O. The normalized spacial score (nSPS) is 12.5. The summed E-state index contributed by atoms with van der Waals surface area (Å²) < 4.78 is 9.82. The van der Waals surface area contributed by atoms with Gasteiger partial charge in [0.2, 0.25) is 0 Å². The minimum absolute atomic E-state index is 0.337. The lowest BCUT2D eigenvalue weighted by Crippen LogP contribution is -2.07. The highest BCUT2D eigenvalue weighted by Crippen LogP contribution is 1.98. The smallest absolute Gasteiger partial charge is 0.417 e. The molecule has 3 nitrogen and oxygen atoms in total. The van der Waals surface area contributed by atoms with Crippen LogP contribution in [0.3, 0.4) is 0 Å². The number of rotatable bonds is 8. The first-order valence-electron chi connectivity index (χ1n) is 4.41. The number of hydrogen-bond acceptors (Lipinski definition) is 3. The number of ether oxygens (including phenoxy) is 2. The molecule has 0 bridgehead atoms. The molecule has 0 amide bonds. The van der Waals surface area contributed by atoms with Crippen LogP contribution >= 0.6 is 0 Å². The van der Waals surface area contributed by atoms with Gasteiger partial charge in [0.25, 0.3) is 0 Å². The lowest BCUT2D eigenvalue weighted by atomic mass is 10.3. The molecule has 0 saturated heterocycles. The molecule has 0 fully saturated rings. The second-order valence-electron chi connectivity index (χ2n) is 2.73. The minimum atomic E-state index is 0.337. The Bertz CT molecular complexity index is 104. The third kappa shape index (κ3) is 7.54. The van der Waals surface area contributed by atoms with Crippen LogP contribution in [-0.2, 0) is 14.3 Å². The van der Waals surface area contributed by atoms with E-state index >= 15 is 0 Å². The average molecular weight is 173 g/mol. The molecule has 1 unspecified atom stereocenters. The largest absolute Gasteiger partial charge is 0.457 e. The van der Waals surface area contributed by atoms with Gasteiger partial charge in [-0.25, -0.2) is 4.79 Å². The van der Waals surface area contributed by atoms with Gasteiger partial charge in [0.15, 0.2) is 0 Å². The van der Waals surface area contributed by atoms with Crippen molar-refractivity contribution in [3.05, 3.63) is 0 Å². The van der Waals surface area contributed by atoms with Gasteiger partial charge in [-0.15, -0.1) is 0 Å². The molecular formula is C9H17O3. The first-order valence-corrected chi connectivity index (χ1v) is 4.41. The van der Waals surface area contributed by atoms with Crippen LogP contribution in [0.25, 0.3) is 0 Å². The van der Waals surface area contributed by atoms with Gasteiger partial charge < -0.3 is 9.47 Å². The summed E-state index contributed by atoms with van der Waals surface area (Å²) in [6.07, 6.45) is 3.17. The Morgan fingerprint density at radius 1 is 1.33 bits per heavy atom. The van der Waals surface area contributed by atoms with Crippen molar-refractivity contribution in [2.24, 2.45) is 0 Å². The zero-order valence-electron chi connectivity index (χ0n) is 7.84. The van der Waals surface area contributed by atoms with Crippen molar-refractivity contribution < 1.29 is 14.3 Å². The molecule has 0 rings (SSSR count). The van der Waals surface area contributed by atoms with E-state index in [0.29, 0.717) is 12.7 Å². The fourth-order valence-corrected chi connectivity index (χ4v) is 0.720. The van der Waals surface area contributed by atoms with Gasteiger partial charge in [-0.2, -0.15) is 0 Å². The molecule has 0 aromatic heterocycles. The van der Waals surface area contributed by atoms with E-state index in [9.17, 15) is 4.79 Å². The van der Waals surface area contributed by atoms with E-state index in [-0.39, 0.29) is 0 Å². The predicted octanol–water partition coefficient (Wildman–Crippen LogP) is 1.67. The average Bonchev–Trinajstić information content (AvgIpc) is 2.10. The highest BCUT2D eigenvalue weighted by molar-refractivity contribution is 5.37. The Morgan fingerprint density at radius 2 is 2.00 bits per heavy atom. The Hall–Kier alpha value is -0.570. The van der Waals surface area contributed by atoms with Gasteiger partial charge in [-0.3, -0.25) is 0 Å². The predicted molar refractivity (Wildman–Crippen MR) is 46.6 cm³/mol. The van der Waals surface area contributed by atoms with Crippen LogP contribution in [0.15, 0.2) is 0 Å². The van der Waals surface area contributed by atoms with Gasteiger partial charge in [0.05, 0.1) is 12.7 Å². The second-order valence-corrected chi connectivity index (χ2v) is 2.73. The summed E-state index contributed by atoms with van der Waals surface area (Å²) in [6, 6.07) is 0. The lowest BCUT2D eigenvalue weighted by molar-refractivity contribution is 0.0589. The van der Waals surface area contributed by atoms with Crippen molar-refractivity contribution >= 4 is 6.47 Å². The fraction of sp³-hybridized carbons (Fsp3) is 0.889. The summed E-state index contributed by atoms with van der Waals surface area (Å²) in [5.41, 5.74) is 0. The molecule has 0 spiro atoms. The molecule has 0 aromatic rings. The maximum absolute atomic E-state index is 9.61. The van der Waals surface area contributed by atoms with Crippen molar-refractivity contribution in [2.45, 2.75) is 39.2 Å². The zero-order chi connectivity index (χ0) is 9.23. The Labute approximate surface area is 74.0 Å². The summed E-state index contributed by atoms with van der Waals surface area (Å²) in [4.78, 5) is 9.61. The van der Waals surface area contributed by atoms with Gasteiger partial charge in [0, 0.05) is 6.61 Å². The van der Waals surface area contributed by atoms with Crippen LogP contribution in [0.2, 0.25) is 0 Å². The summed E-state index contributed by atoms with van der Waals surface area (Å²) in [7, 11) is 0. The van der Waals surface area contributed by atoms with Gasteiger partial charge >= 0.3 is 6.47 Å². The molecule has 71 valence electrons. The van der Waals surface area contributed by atoms with Crippen LogP contribution in [0.5, 0.6) is 0 Å². The van der Waals surface area contributed by atoms with Crippen LogP contribution in [0.4, 0.5) is 0 Å². The van der Waals surface area contributed by atoms with Crippen molar-refractivity contribution in [1.82, 2.24) is 0 Å². The Kier molecular flexibility index (Phi) is 8.12. The fourth-order valence-electron chi connectivity index (χ4n) is 0.720. The van der Waals surface area contributed by atoms with Crippen LogP contribution in [0.1, 0.15) is 33.1 Å². The summed E-state index contributed by atoms with van der Waals surface area (Å²) in [5, 5.41) is 0. The summed E-state index contributed by atoms with van der Waals surface area (Å²) in [5.74, 6) is 0. The quantitative estimate of drug-likeness (QED) is 0.524. The molecular weight excluding hydrogens is 156 g/mol. The molecule has 1 radical (unpaired) electrons. The highest BCUT2D eigenvalue weighted by atomic mass is 16.5. The Balaban J connectivity index is 2.95. The third-order valence-corrected chi connectivity index (χ3v) is 1.68. The van der Waals surface area contributed by atoms with Crippen molar-refractivity contribution in [1.29, 1.82) is 0 Å². The van der Waals surface area contributed by atoms with Crippen molar-refractivity contribution in [3.63, 3.8) is 0 Å². The monoisotopic (exact) mass is 173 g/mol. The molecule has 0 N–H and O–H groups in total. The second kappa shape index (κ2) is 8.53. The lowest BCUT2D eigenvalue weighted by Gasteiger charge is -2.09. The molecule has 1 atom stereocenters. The molecule has 3 heteroatoms. The maximum atomic E-state index is 9.61. The van der Waals surface area contributed by atoms with Crippen LogP contribution in [0, 0.1) is 0 Å². The maximum Gasteiger partial charge on any atom is 0.417 e. The first kappa shape index (κ1) is 11.4. The van der Waals surface area contributed by atoms with Crippen LogP contribution < -0.4 is 0 Å². The van der Waals surface area contributed by atoms with E-state index in [1.54, 1.807) is 0 Å². The summed E-state index contributed by atoms with van der Waals surface area (Å²) >= 11 is 0. The highest BCUT2D eigenvalue weighted by Gasteiger charge is 1.96. The van der Waals surface area contributed by atoms with E-state index in [4.69, 9.17) is 4.74 Å². The minimum Gasteiger partial charge on any atom is -0.457 e. The first-order chi connectivity index (χ1) is 5.81. The number of hydrogen-bond donors (Lipinski definition) is 0. The molecule has 0 aromatic carbocycles. The van der Waals surface area contributed by atoms with E-state index < -0.39 is 0 Å². The van der Waals surface area contributed by atoms with E-state index in [2.05, 4.69) is 18.6 Å². The van der Waals surface area contributed by atoms with E-state index in [1.165, 1.54) is 6.47 Å². The summed E-state index contributed by atoms with van der Waals surface area (Å²) in [6.45, 7) is 6.73. The number of carbonyl (C=O) groups excluding carboxylic acids is 1. The Morgan fingerprint density at radius 3 is 2.58 bits per heavy atom. The van der Waals surface area contributed by atoms with Crippen molar-refractivity contribution in [3.8, 4) is 0 Å². The number of unbranched alkanes of at least 4 members (excludes halogenated alkanes) is 1. The van der Waals surface area contributed by atoms with Gasteiger partial charge in [-0.05, 0) is 26.2 Å². The zero-order valence-corrected chi connectivity index (χ0v) is 7.84. The molecule has 0 saturated carbocycles. The standard InChI is InChI=1S/C9H17O3/c1-3-9(2)12-7-5-4-6-11-8-10/h9H,3-7H2,1-2H3. The molecule has 0 heterocycles. The van der Waals surface area contributed by atoms with Crippen molar-refractivity contribution in [2.75, 3.05) is 13.2 Å². The molecule has 0 aliphatic rings. The topological polar surface area (TPSA) is 35.5 Å². The van der Waals surface area contributed by atoms with E-state index in [1.807, 2.05) is 0 Å².